The van der Waals surface area contributed by atoms with Gasteiger partial charge < -0.3 is 14.8 Å². The largest absolute Gasteiger partial charge is 0.497 e. The number of carbonyl (C=O) groups excluding carboxylic acids is 1. The van der Waals surface area contributed by atoms with Crippen molar-refractivity contribution in [2.45, 2.75) is 30.7 Å². The fraction of sp³-hybridized carbons (Fsp3) is 0.480. The summed E-state index contributed by atoms with van der Waals surface area (Å²) >= 11 is 0. The molecule has 1 N–H and O–H groups in total. The quantitative estimate of drug-likeness (QED) is 0.616. The van der Waals surface area contributed by atoms with Crippen LogP contribution in [0.4, 0.5) is 0 Å². The summed E-state index contributed by atoms with van der Waals surface area (Å²) in [6.45, 7) is 5.61. The maximum absolute atomic E-state index is 13.2. The average Bonchev–Trinajstić information content (AvgIpc) is 3.40. The number of nitrogens with one attached hydrogen (secondary N) is 1. The number of amides is 1. The van der Waals surface area contributed by atoms with Crippen molar-refractivity contribution in [1.29, 1.82) is 0 Å². The number of sulfonamides is 1. The molecule has 2 heterocycles. The van der Waals surface area contributed by atoms with Gasteiger partial charge in [0.2, 0.25) is 10.0 Å². The number of carbonyl (C=O) groups is 1. The molecule has 1 atom stereocenters. The molecule has 2 aromatic carbocycles. The molecule has 0 aliphatic carbocycles. The van der Waals surface area contributed by atoms with Gasteiger partial charge in [0.1, 0.15) is 5.75 Å². The second-order valence-corrected chi connectivity index (χ2v) is 10.7. The maximum atomic E-state index is 13.2. The molecule has 2 aliphatic heterocycles. The van der Waals surface area contributed by atoms with E-state index in [9.17, 15) is 13.2 Å². The van der Waals surface area contributed by atoms with Crippen LogP contribution in [0, 0.1) is 6.92 Å². The highest BCUT2D eigenvalue weighted by Gasteiger charge is 2.28. The van der Waals surface area contributed by atoms with Gasteiger partial charge in [-0.15, -0.1) is 0 Å². The van der Waals surface area contributed by atoms with Gasteiger partial charge in [0.25, 0.3) is 5.91 Å². The van der Waals surface area contributed by atoms with Crippen molar-refractivity contribution in [3.8, 4) is 5.75 Å². The van der Waals surface area contributed by atoms with Gasteiger partial charge in [-0.25, -0.2) is 8.42 Å². The number of hydrogen-bond acceptors (Lipinski definition) is 6. The first-order chi connectivity index (χ1) is 16.4. The number of likely N-dealkylation sites (tertiary alicyclic amines) is 1. The molecule has 0 spiro atoms. The highest BCUT2D eigenvalue weighted by Crippen LogP contribution is 2.27. The number of aryl methyl sites for hydroxylation is 1. The number of rotatable bonds is 8. The lowest BCUT2D eigenvalue weighted by Crippen LogP contribution is -2.40. The lowest BCUT2D eigenvalue weighted by molar-refractivity contribution is 0.0730. The highest BCUT2D eigenvalue weighted by atomic mass is 32.2. The van der Waals surface area contributed by atoms with E-state index < -0.39 is 10.0 Å². The maximum Gasteiger partial charge on any atom is 0.251 e. The Morgan fingerprint density at radius 3 is 2.38 bits per heavy atom. The third kappa shape index (κ3) is 5.43. The summed E-state index contributed by atoms with van der Waals surface area (Å²) in [5, 5.41) is 3.06. The van der Waals surface area contributed by atoms with E-state index in [2.05, 4.69) is 10.2 Å². The van der Waals surface area contributed by atoms with Crippen molar-refractivity contribution in [1.82, 2.24) is 14.5 Å². The molecule has 2 saturated heterocycles. The van der Waals surface area contributed by atoms with Crippen LogP contribution in [0.5, 0.6) is 5.75 Å². The van der Waals surface area contributed by atoms with E-state index in [1.807, 2.05) is 31.2 Å². The van der Waals surface area contributed by atoms with E-state index in [0.29, 0.717) is 38.4 Å². The molecular weight excluding hydrogens is 454 g/mol. The Morgan fingerprint density at radius 1 is 1.06 bits per heavy atom. The molecule has 4 rings (SSSR count). The lowest BCUT2D eigenvalue weighted by atomic mass is 10.0. The van der Waals surface area contributed by atoms with Crippen molar-refractivity contribution in [3.05, 3.63) is 59.2 Å². The summed E-state index contributed by atoms with van der Waals surface area (Å²) in [6, 6.07) is 12.7. The Kier molecular flexibility index (Phi) is 7.88. The van der Waals surface area contributed by atoms with E-state index in [0.717, 1.165) is 42.8 Å². The van der Waals surface area contributed by atoms with Gasteiger partial charge in [0.15, 0.2) is 0 Å². The minimum Gasteiger partial charge on any atom is -0.497 e. The standard InChI is InChI=1S/C25H33N3O5S/c1-19-5-10-22(34(30,31)28-13-15-33-16-14-28)17-23(19)25(29)26-18-24(27-11-3-4-12-27)20-6-8-21(32-2)9-7-20/h5-10,17,24H,3-4,11-16,18H2,1-2H3,(H,26,29)/t24-/m1/s1. The molecule has 2 aromatic rings. The lowest BCUT2D eigenvalue weighted by Gasteiger charge is -2.28. The molecule has 0 saturated carbocycles. The molecule has 0 unspecified atom stereocenters. The Hall–Kier alpha value is -2.46. The van der Waals surface area contributed by atoms with Crippen LogP contribution in [0.3, 0.4) is 0 Å². The zero-order chi connectivity index (χ0) is 24.1. The fourth-order valence-corrected chi connectivity index (χ4v) is 6.00. The van der Waals surface area contributed by atoms with Crippen LogP contribution in [0.25, 0.3) is 0 Å². The van der Waals surface area contributed by atoms with Gasteiger partial charge in [-0.3, -0.25) is 9.69 Å². The van der Waals surface area contributed by atoms with Gasteiger partial charge in [-0.2, -0.15) is 4.31 Å². The van der Waals surface area contributed by atoms with E-state index in [1.165, 1.54) is 10.4 Å². The van der Waals surface area contributed by atoms with Gasteiger partial charge in [-0.1, -0.05) is 18.2 Å². The Bertz CT molecular complexity index is 1090. The first-order valence-electron chi connectivity index (χ1n) is 11.7. The SMILES string of the molecule is COc1ccc([C@@H](CNC(=O)c2cc(S(=O)(=O)N3CCOCC3)ccc2C)N2CCCC2)cc1. The number of ether oxygens (including phenoxy) is 2. The first-order valence-corrected chi connectivity index (χ1v) is 13.2. The van der Waals surface area contributed by atoms with Crippen molar-refractivity contribution >= 4 is 15.9 Å². The number of methoxy groups -OCH3 is 1. The van der Waals surface area contributed by atoms with Crippen molar-refractivity contribution < 1.29 is 22.7 Å². The van der Waals surface area contributed by atoms with Crippen molar-refractivity contribution in [2.75, 3.05) is 53.0 Å². The molecule has 8 nitrogen and oxygen atoms in total. The molecule has 34 heavy (non-hydrogen) atoms. The van der Waals surface area contributed by atoms with Crippen LogP contribution in [0.15, 0.2) is 47.4 Å². The van der Waals surface area contributed by atoms with Crippen LogP contribution in [0.2, 0.25) is 0 Å². The van der Waals surface area contributed by atoms with E-state index in [4.69, 9.17) is 9.47 Å². The van der Waals surface area contributed by atoms with E-state index in [-0.39, 0.29) is 16.8 Å². The monoisotopic (exact) mass is 487 g/mol. The third-order valence-corrected chi connectivity index (χ3v) is 8.49. The summed E-state index contributed by atoms with van der Waals surface area (Å²) in [6.07, 6.45) is 2.28. The second-order valence-electron chi connectivity index (χ2n) is 8.74. The Labute approximate surface area is 201 Å². The zero-order valence-corrected chi connectivity index (χ0v) is 20.6. The van der Waals surface area contributed by atoms with Crippen LogP contribution in [-0.2, 0) is 14.8 Å². The summed E-state index contributed by atoms with van der Waals surface area (Å²) in [5.74, 6) is 0.524. The topological polar surface area (TPSA) is 88.2 Å². The number of morpholine rings is 1. The molecule has 9 heteroatoms. The van der Waals surface area contributed by atoms with Gasteiger partial charge in [0, 0.05) is 25.2 Å². The summed E-state index contributed by atoms with van der Waals surface area (Å²) in [7, 11) is -2.03. The summed E-state index contributed by atoms with van der Waals surface area (Å²) in [4.78, 5) is 15.7. The molecule has 0 bridgehead atoms. The fourth-order valence-electron chi connectivity index (χ4n) is 4.56. The second kappa shape index (κ2) is 10.9. The van der Waals surface area contributed by atoms with Crippen LogP contribution in [-0.4, -0.2) is 76.6 Å². The van der Waals surface area contributed by atoms with Crippen LogP contribution in [0.1, 0.15) is 40.4 Å². The average molecular weight is 488 g/mol. The first kappa shape index (κ1) is 24.7. The normalized spacial score (nSPS) is 18.5. The molecule has 2 fully saturated rings. The Morgan fingerprint density at radius 2 is 1.74 bits per heavy atom. The molecule has 2 aliphatic rings. The predicted octanol–water partition coefficient (Wildman–Crippen LogP) is 2.59. The highest BCUT2D eigenvalue weighted by molar-refractivity contribution is 7.89. The van der Waals surface area contributed by atoms with Crippen molar-refractivity contribution in [2.24, 2.45) is 0 Å². The van der Waals surface area contributed by atoms with Gasteiger partial charge in [-0.05, 0) is 68.2 Å². The third-order valence-electron chi connectivity index (χ3n) is 6.60. The van der Waals surface area contributed by atoms with E-state index in [1.54, 1.807) is 19.2 Å². The van der Waals surface area contributed by atoms with Crippen molar-refractivity contribution in [3.63, 3.8) is 0 Å². The zero-order valence-electron chi connectivity index (χ0n) is 19.8. The minimum atomic E-state index is -3.68. The number of nitrogens with zero attached hydrogens (tertiary/aromatic N) is 2. The smallest absolute Gasteiger partial charge is 0.251 e. The summed E-state index contributed by atoms with van der Waals surface area (Å²) in [5.41, 5.74) is 2.23. The molecule has 0 radical (unpaired) electrons. The number of hydrogen-bond donors (Lipinski definition) is 1. The Balaban J connectivity index is 1.52. The number of benzene rings is 2. The molecular formula is C25H33N3O5S. The van der Waals surface area contributed by atoms with Gasteiger partial charge in [0.05, 0.1) is 31.3 Å². The molecule has 0 aromatic heterocycles. The predicted molar refractivity (Wildman–Crippen MR) is 130 cm³/mol. The van der Waals surface area contributed by atoms with Gasteiger partial charge >= 0.3 is 0 Å². The summed E-state index contributed by atoms with van der Waals surface area (Å²) < 4.78 is 38.1. The molecule has 1 amide bonds. The van der Waals surface area contributed by atoms with E-state index >= 15 is 0 Å². The van der Waals surface area contributed by atoms with Crippen LogP contribution < -0.4 is 10.1 Å². The molecule has 184 valence electrons. The minimum absolute atomic E-state index is 0.0397. The van der Waals surface area contributed by atoms with Crippen LogP contribution >= 0.6 is 0 Å².